The predicted molar refractivity (Wildman–Crippen MR) is 54.6 cm³/mol. The Hall–Kier alpha value is -2.17. The highest BCUT2D eigenvalue weighted by Crippen LogP contribution is 2.18. The maximum absolute atomic E-state index is 10.8. The number of hydrogen-bond acceptors (Lipinski definition) is 4. The summed E-state index contributed by atoms with van der Waals surface area (Å²) in [5.41, 5.74) is 1.30. The molecule has 2 aromatic rings. The third kappa shape index (κ3) is 2.01. The van der Waals surface area contributed by atoms with Crippen LogP contribution in [0, 0.1) is 0 Å². The lowest BCUT2D eigenvalue weighted by atomic mass is 10.2. The highest BCUT2D eigenvalue weighted by molar-refractivity contribution is 5.58. The van der Waals surface area contributed by atoms with Gasteiger partial charge in [-0.15, -0.1) is 0 Å². The molecule has 0 aromatic carbocycles. The molecule has 0 atom stereocenters. The first-order valence-electron chi connectivity index (χ1n) is 4.36. The van der Waals surface area contributed by atoms with Crippen LogP contribution < -0.4 is 10.3 Å². The van der Waals surface area contributed by atoms with E-state index in [0.717, 1.165) is 5.56 Å². The smallest absolute Gasteiger partial charge is 0.264 e. The van der Waals surface area contributed by atoms with Crippen LogP contribution in [0.3, 0.4) is 0 Å². The third-order valence-corrected chi connectivity index (χ3v) is 1.92. The molecule has 5 nitrogen and oxygen atoms in total. The van der Waals surface area contributed by atoms with Gasteiger partial charge in [-0.3, -0.25) is 4.79 Å². The van der Waals surface area contributed by atoms with Crippen LogP contribution >= 0.6 is 0 Å². The summed E-state index contributed by atoms with van der Waals surface area (Å²) < 4.78 is 4.99. The second-order valence-electron chi connectivity index (χ2n) is 2.89. The molecule has 0 saturated heterocycles. The number of ether oxygens (including phenoxy) is 1. The number of aromatic nitrogens is 3. The number of rotatable bonds is 2. The molecule has 0 amide bonds. The third-order valence-electron chi connectivity index (χ3n) is 1.92. The van der Waals surface area contributed by atoms with Crippen molar-refractivity contribution < 1.29 is 4.74 Å². The highest BCUT2D eigenvalue weighted by atomic mass is 16.5. The molecule has 76 valence electrons. The molecular weight excluding hydrogens is 194 g/mol. The fraction of sp³-hybridized carbons (Fsp3) is 0.100. The number of hydrogen-bond donors (Lipinski definition) is 1. The van der Waals surface area contributed by atoms with Crippen molar-refractivity contribution in [3.8, 4) is 17.1 Å². The van der Waals surface area contributed by atoms with E-state index in [0.29, 0.717) is 11.6 Å². The average Bonchev–Trinajstić information content (AvgIpc) is 2.30. The second-order valence-corrected chi connectivity index (χ2v) is 2.89. The van der Waals surface area contributed by atoms with E-state index >= 15 is 0 Å². The number of pyridine rings is 1. The molecule has 15 heavy (non-hydrogen) atoms. The average molecular weight is 203 g/mol. The summed E-state index contributed by atoms with van der Waals surface area (Å²) in [6.45, 7) is 0. The first kappa shape index (κ1) is 9.39. The van der Waals surface area contributed by atoms with Gasteiger partial charge in [0.2, 0.25) is 5.88 Å². The number of nitrogens with zero attached hydrogens (tertiary/aromatic N) is 2. The Labute approximate surface area is 85.8 Å². The highest BCUT2D eigenvalue weighted by Gasteiger charge is 2.01. The second kappa shape index (κ2) is 3.91. The van der Waals surface area contributed by atoms with E-state index in [1.807, 2.05) is 0 Å². The van der Waals surface area contributed by atoms with Gasteiger partial charge in [0.1, 0.15) is 0 Å². The number of H-pyrrole nitrogens is 1. The monoisotopic (exact) mass is 203 g/mol. The van der Waals surface area contributed by atoms with Gasteiger partial charge in [-0.2, -0.15) is 5.10 Å². The Morgan fingerprint density at radius 1 is 1.33 bits per heavy atom. The van der Waals surface area contributed by atoms with Crippen LogP contribution in [0.2, 0.25) is 0 Å². The van der Waals surface area contributed by atoms with Gasteiger partial charge in [0.15, 0.2) is 0 Å². The Balaban J connectivity index is 2.44. The lowest BCUT2D eigenvalue weighted by Gasteiger charge is -2.01. The molecule has 0 saturated carbocycles. The number of aromatic amines is 1. The van der Waals surface area contributed by atoms with Gasteiger partial charge in [0, 0.05) is 23.9 Å². The topological polar surface area (TPSA) is 67.9 Å². The van der Waals surface area contributed by atoms with Crippen molar-refractivity contribution in [1.29, 1.82) is 0 Å². The summed E-state index contributed by atoms with van der Waals surface area (Å²) in [6.07, 6.45) is 1.63. The van der Waals surface area contributed by atoms with Crippen molar-refractivity contribution >= 4 is 0 Å². The molecule has 0 fully saturated rings. The molecule has 2 aromatic heterocycles. The molecule has 1 N–H and O–H groups in total. The van der Waals surface area contributed by atoms with Gasteiger partial charge in [-0.05, 0) is 12.1 Å². The van der Waals surface area contributed by atoms with E-state index in [1.165, 1.54) is 6.07 Å². The first-order valence-corrected chi connectivity index (χ1v) is 4.36. The summed E-state index contributed by atoms with van der Waals surface area (Å²) in [5, 5.41) is 6.27. The zero-order valence-corrected chi connectivity index (χ0v) is 8.10. The molecule has 2 rings (SSSR count). The maximum Gasteiger partial charge on any atom is 0.264 e. The Kier molecular flexibility index (Phi) is 2.45. The largest absolute Gasteiger partial charge is 0.481 e. The lowest BCUT2D eigenvalue weighted by molar-refractivity contribution is 0.398. The van der Waals surface area contributed by atoms with Crippen molar-refractivity contribution in [1.82, 2.24) is 15.2 Å². The fourth-order valence-electron chi connectivity index (χ4n) is 1.19. The molecular formula is C10H9N3O2. The van der Waals surface area contributed by atoms with E-state index in [-0.39, 0.29) is 5.56 Å². The Bertz CT molecular complexity index is 502. The fourth-order valence-corrected chi connectivity index (χ4v) is 1.19. The van der Waals surface area contributed by atoms with Crippen molar-refractivity contribution in [3.05, 3.63) is 40.8 Å². The Morgan fingerprint density at radius 3 is 2.87 bits per heavy atom. The van der Waals surface area contributed by atoms with Crippen LogP contribution in [0.15, 0.2) is 35.3 Å². The van der Waals surface area contributed by atoms with Crippen molar-refractivity contribution in [2.75, 3.05) is 7.11 Å². The number of nitrogens with one attached hydrogen (secondary N) is 1. The number of methoxy groups -OCH3 is 1. The van der Waals surface area contributed by atoms with Gasteiger partial charge in [0.05, 0.1) is 12.8 Å². The molecule has 5 heteroatoms. The first-order chi connectivity index (χ1) is 7.29. The van der Waals surface area contributed by atoms with Crippen LogP contribution in [0.4, 0.5) is 0 Å². The molecule has 0 bridgehead atoms. The van der Waals surface area contributed by atoms with Crippen molar-refractivity contribution in [2.24, 2.45) is 0 Å². The molecule has 0 radical (unpaired) electrons. The zero-order valence-electron chi connectivity index (χ0n) is 8.10. The minimum Gasteiger partial charge on any atom is -0.481 e. The standard InChI is InChI=1S/C10H9N3O2/c1-15-10-6-7(4-5-11-10)8-2-3-9(14)13-12-8/h2-6H,1H3,(H,13,14). The van der Waals surface area contributed by atoms with Crippen LogP contribution in [-0.2, 0) is 0 Å². The normalized spacial score (nSPS) is 9.93. The van der Waals surface area contributed by atoms with Gasteiger partial charge in [0.25, 0.3) is 5.56 Å². The summed E-state index contributed by atoms with van der Waals surface area (Å²) >= 11 is 0. The van der Waals surface area contributed by atoms with Crippen LogP contribution in [0.5, 0.6) is 5.88 Å². The van der Waals surface area contributed by atoms with Crippen LogP contribution in [0.25, 0.3) is 11.3 Å². The van der Waals surface area contributed by atoms with E-state index in [2.05, 4.69) is 15.2 Å². The SMILES string of the molecule is COc1cc(-c2ccc(=O)[nH]n2)ccn1. The summed E-state index contributed by atoms with van der Waals surface area (Å²) in [7, 11) is 1.55. The minimum atomic E-state index is -0.222. The van der Waals surface area contributed by atoms with E-state index in [9.17, 15) is 4.79 Å². The molecule has 0 aliphatic heterocycles. The summed E-state index contributed by atoms with van der Waals surface area (Å²) in [4.78, 5) is 14.8. The maximum atomic E-state index is 10.8. The van der Waals surface area contributed by atoms with Gasteiger partial charge in [-0.1, -0.05) is 0 Å². The van der Waals surface area contributed by atoms with Gasteiger partial charge in [-0.25, -0.2) is 10.1 Å². The summed E-state index contributed by atoms with van der Waals surface area (Å²) in [6, 6.07) is 6.62. The van der Waals surface area contributed by atoms with E-state index in [4.69, 9.17) is 4.74 Å². The zero-order chi connectivity index (χ0) is 10.7. The predicted octanol–water partition coefficient (Wildman–Crippen LogP) is 0.840. The van der Waals surface area contributed by atoms with Gasteiger partial charge >= 0.3 is 0 Å². The molecule has 0 unspecified atom stereocenters. The quantitative estimate of drug-likeness (QED) is 0.785. The summed E-state index contributed by atoms with van der Waals surface area (Å²) in [5.74, 6) is 0.514. The van der Waals surface area contributed by atoms with E-state index in [1.54, 1.807) is 31.5 Å². The van der Waals surface area contributed by atoms with Crippen molar-refractivity contribution in [2.45, 2.75) is 0 Å². The van der Waals surface area contributed by atoms with Crippen LogP contribution in [0.1, 0.15) is 0 Å². The molecule has 0 aliphatic rings. The lowest BCUT2D eigenvalue weighted by Crippen LogP contribution is -2.05. The van der Waals surface area contributed by atoms with Crippen LogP contribution in [-0.4, -0.2) is 22.3 Å². The molecule has 0 spiro atoms. The Morgan fingerprint density at radius 2 is 2.20 bits per heavy atom. The van der Waals surface area contributed by atoms with Crippen molar-refractivity contribution in [3.63, 3.8) is 0 Å². The van der Waals surface area contributed by atoms with Gasteiger partial charge < -0.3 is 4.74 Å². The molecule has 2 heterocycles. The van der Waals surface area contributed by atoms with E-state index < -0.39 is 0 Å². The molecule has 0 aliphatic carbocycles. The minimum absolute atomic E-state index is 0.222.